The number of hydrogen-bond donors (Lipinski definition) is 1. The van der Waals surface area contributed by atoms with Crippen molar-refractivity contribution in [3.63, 3.8) is 0 Å². The fraction of sp³-hybridized carbons (Fsp3) is 0.500. The van der Waals surface area contributed by atoms with Gasteiger partial charge >= 0.3 is 0 Å². The summed E-state index contributed by atoms with van der Waals surface area (Å²) in [6.45, 7) is 0.841. The van der Waals surface area contributed by atoms with Crippen LogP contribution in [-0.2, 0) is 14.6 Å². The van der Waals surface area contributed by atoms with Gasteiger partial charge in [0.2, 0.25) is 0 Å². The van der Waals surface area contributed by atoms with Gasteiger partial charge in [0.25, 0.3) is 0 Å². The number of thioether (sulfide) groups is 1. The number of benzene rings is 1. The first-order valence-corrected chi connectivity index (χ1v) is 8.68. The van der Waals surface area contributed by atoms with Crippen LogP contribution < -0.4 is 5.73 Å². The summed E-state index contributed by atoms with van der Waals surface area (Å²) < 4.78 is 28.3. The van der Waals surface area contributed by atoms with E-state index in [1.165, 1.54) is 12.3 Å². The Morgan fingerprint density at radius 3 is 2.83 bits per heavy atom. The van der Waals surface area contributed by atoms with Crippen molar-refractivity contribution in [2.24, 2.45) is 0 Å². The van der Waals surface area contributed by atoms with Crippen molar-refractivity contribution in [2.75, 3.05) is 24.3 Å². The molecule has 1 saturated heterocycles. The molecule has 0 aliphatic carbocycles. The highest BCUT2D eigenvalue weighted by Gasteiger charge is 2.16. The molecule has 100 valence electrons. The SMILES string of the molecule is CS(=O)(=O)c1ccc(SCC2CCCO2)c(N)c1. The maximum atomic E-state index is 11.4. The highest BCUT2D eigenvalue weighted by Crippen LogP contribution is 2.29. The van der Waals surface area contributed by atoms with Crippen LogP contribution in [0.1, 0.15) is 12.8 Å². The van der Waals surface area contributed by atoms with Crippen LogP contribution in [0.4, 0.5) is 5.69 Å². The number of nitrogens with two attached hydrogens (primary N) is 1. The molecule has 0 bridgehead atoms. The van der Waals surface area contributed by atoms with Crippen LogP contribution in [0.2, 0.25) is 0 Å². The molecule has 2 rings (SSSR count). The molecule has 2 N–H and O–H groups in total. The van der Waals surface area contributed by atoms with Crippen molar-refractivity contribution >= 4 is 27.3 Å². The third-order valence-electron chi connectivity index (χ3n) is 2.86. The Hall–Kier alpha value is -0.720. The average molecular weight is 287 g/mol. The molecular formula is C12H17NO3S2. The Kier molecular flexibility index (Phi) is 4.19. The second-order valence-corrected chi connectivity index (χ2v) is 7.50. The van der Waals surface area contributed by atoms with E-state index >= 15 is 0 Å². The van der Waals surface area contributed by atoms with Gasteiger partial charge in [0.05, 0.1) is 11.0 Å². The van der Waals surface area contributed by atoms with E-state index in [0.717, 1.165) is 30.1 Å². The molecule has 1 unspecified atom stereocenters. The van der Waals surface area contributed by atoms with Gasteiger partial charge in [0.1, 0.15) is 0 Å². The lowest BCUT2D eigenvalue weighted by atomic mass is 10.3. The summed E-state index contributed by atoms with van der Waals surface area (Å²) in [4.78, 5) is 1.18. The number of sulfone groups is 1. The Labute approximate surface area is 112 Å². The highest BCUT2D eigenvalue weighted by atomic mass is 32.2. The van der Waals surface area contributed by atoms with Crippen molar-refractivity contribution in [2.45, 2.75) is 28.7 Å². The summed E-state index contributed by atoms with van der Waals surface area (Å²) in [7, 11) is -3.19. The zero-order valence-corrected chi connectivity index (χ0v) is 11.9. The second-order valence-electron chi connectivity index (χ2n) is 4.42. The van der Waals surface area contributed by atoms with Crippen LogP contribution in [0.3, 0.4) is 0 Å². The summed E-state index contributed by atoms with van der Waals surface area (Å²) in [5.74, 6) is 0.864. The zero-order chi connectivity index (χ0) is 13.2. The fourth-order valence-corrected chi connectivity index (χ4v) is 3.52. The van der Waals surface area contributed by atoms with E-state index in [1.54, 1.807) is 23.9 Å². The van der Waals surface area contributed by atoms with E-state index < -0.39 is 9.84 Å². The molecule has 6 heteroatoms. The third kappa shape index (κ3) is 3.40. The summed E-state index contributed by atoms with van der Waals surface area (Å²) >= 11 is 1.62. The summed E-state index contributed by atoms with van der Waals surface area (Å²) in [5.41, 5.74) is 6.39. The minimum absolute atomic E-state index is 0.265. The molecule has 0 amide bonds. The largest absolute Gasteiger partial charge is 0.398 e. The predicted octanol–water partition coefficient (Wildman–Crippen LogP) is 1.94. The number of anilines is 1. The lowest BCUT2D eigenvalue weighted by molar-refractivity contribution is 0.129. The molecular weight excluding hydrogens is 270 g/mol. The van der Waals surface area contributed by atoms with Crippen molar-refractivity contribution < 1.29 is 13.2 Å². The monoisotopic (exact) mass is 287 g/mol. The molecule has 0 radical (unpaired) electrons. The molecule has 0 saturated carbocycles. The van der Waals surface area contributed by atoms with Gasteiger partial charge < -0.3 is 10.5 Å². The predicted molar refractivity (Wildman–Crippen MR) is 73.7 cm³/mol. The van der Waals surface area contributed by atoms with Gasteiger partial charge in [-0.2, -0.15) is 0 Å². The molecule has 1 heterocycles. The molecule has 1 aromatic rings. The van der Waals surface area contributed by atoms with E-state index in [4.69, 9.17) is 10.5 Å². The van der Waals surface area contributed by atoms with E-state index in [-0.39, 0.29) is 4.90 Å². The van der Waals surface area contributed by atoms with Gasteiger partial charge in [-0.05, 0) is 31.0 Å². The number of nitrogen functional groups attached to an aromatic ring is 1. The molecule has 0 spiro atoms. The van der Waals surface area contributed by atoms with Crippen LogP contribution >= 0.6 is 11.8 Å². The van der Waals surface area contributed by atoms with Crippen molar-refractivity contribution in [1.29, 1.82) is 0 Å². The second kappa shape index (κ2) is 5.50. The zero-order valence-electron chi connectivity index (χ0n) is 10.3. The molecule has 1 aromatic carbocycles. The van der Waals surface area contributed by atoms with Gasteiger partial charge in [-0.15, -0.1) is 11.8 Å². The Morgan fingerprint density at radius 2 is 2.28 bits per heavy atom. The molecule has 1 fully saturated rings. The quantitative estimate of drug-likeness (QED) is 0.677. The standard InChI is InChI=1S/C12H17NO3S2/c1-18(14,15)10-4-5-12(11(13)7-10)17-8-9-3-2-6-16-9/h4-5,7,9H,2-3,6,8,13H2,1H3. The minimum atomic E-state index is -3.19. The molecule has 1 atom stereocenters. The van der Waals surface area contributed by atoms with E-state index in [1.807, 2.05) is 0 Å². The Bertz CT molecular complexity index is 522. The normalized spacial score (nSPS) is 20.2. The van der Waals surface area contributed by atoms with Gasteiger partial charge in [-0.3, -0.25) is 0 Å². The smallest absolute Gasteiger partial charge is 0.175 e. The summed E-state index contributed by atoms with van der Waals surface area (Å²) in [6.07, 6.45) is 3.69. The first-order chi connectivity index (χ1) is 8.47. The summed E-state index contributed by atoms with van der Waals surface area (Å²) in [6, 6.07) is 4.89. The van der Waals surface area contributed by atoms with Crippen LogP contribution in [-0.4, -0.2) is 33.1 Å². The van der Waals surface area contributed by atoms with Crippen LogP contribution in [0.25, 0.3) is 0 Å². The number of ether oxygens (including phenoxy) is 1. The number of rotatable bonds is 4. The van der Waals surface area contributed by atoms with Crippen molar-refractivity contribution in [3.8, 4) is 0 Å². The van der Waals surface area contributed by atoms with Crippen LogP contribution in [0, 0.1) is 0 Å². The van der Waals surface area contributed by atoms with Crippen LogP contribution in [0.15, 0.2) is 28.0 Å². The van der Waals surface area contributed by atoms with Gasteiger partial charge in [-0.1, -0.05) is 0 Å². The fourth-order valence-electron chi connectivity index (χ4n) is 1.85. The number of hydrogen-bond acceptors (Lipinski definition) is 5. The Morgan fingerprint density at radius 1 is 1.50 bits per heavy atom. The van der Waals surface area contributed by atoms with Gasteiger partial charge in [-0.25, -0.2) is 8.42 Å². The highest BCUT2D eigenvalue weighted by molar-refractivity contribution is 7.99. The van der Waals surface area contributed by atoms with Crippen molar-refractivity contribution in [1.82, 2.24) is 0 Å². The van der Waals surface area contributed by atoms with Crippen molar-refractivity contribution in [3.05, 3.63) is 18.2 Å². The van der Waals surface area contributed by atoms with E-state index in [0.29, 0.717) is 11.8 Å². The van der Waals surface area contributed by atoms with E-state index in [2.05, 4.69) is 0 Å². The molecule has 4 nitrogen and oxygen atoms in total. The first-order valence-electron chi connectivity index (χ1n) is 5.81. The van der Waals surface area contributed by atoms with E-state index in [9.17, 15) is 8.42 Å². The Balaban J connectivity index is 2.05. The maximum absolute atomic E-state index is 11.4. The molecule has 1 aliphatic rings. The van der Waals surface area contributed by atoms with Gasteiger partial charge in [0, 0.05) is 29.2 Å². The molecule has 18 heavy (non-hydrogen) atoms. The average Bonchev–Trinajstić information content (AvgIpc) is 2.79. The minimum Gasteiger partial charge on any atom is -0.398 e. The summed E-state index contributed by atoms with van der Waals surface area (Å²) in [5, 5.41) is 0. The first kappa shape index (κ1) is 13.7. The topological polar surface area (TPSA) is 69.4 Å². The molecule has 1 aliphatic heterocycles. The molecule has 0 aromatic heterocycles. The lowest BCUT2D eigenvalue weighted by Gasteiger charge is -2.11. The lowest BCUT2D eigenvalue weighted by Crippen LogP contribution is -2.08. The third-order valence-corrected chi connectivity index (χ3v) is 5.19. The van der Waals surface area contributed by atoms with Crippen LogP contribution in [0.5, 0.6) is 0 Å². The van der Waals surface area contributed by atoms with Gasteiger partial charge in [0.15, 0.2) is 9.84 Å². The maximum Gasteiger partial charge on any atom is 0.175 e.